The predicted molar refractivity (Wildman–Crippen MR) is 94.5 cm³/mol. The highest BCUT2D eigenvalue weighted by Crippen LogP contribution is 2.10. The van der Waals surface area contributed by atoms with Crippen LogP contribution in [0.3, 0.4) is 0 Å². The van der Waals surface area contributed by atoms with E-state index in [-0.39, 0.29) is 5.91 Å². The number of hydrogen-bond donors (Lipinski definition) is 2. The van der Waals surface area contributed by atoms with Crippen LogP contribution in [0.25, 0.3) is 6.08 Å². The van der Waals surface area contributed by atoms with Gasteiger partial charge in [0.25, 0.3) is 0 Å². The first-order valence-corrected chi connectivity index (χ1v) is 7.48. The molecular formula is C17H15ClN2OS. The third-order valence-corrected chi connectivity index (χ3v) is 3.33. The van der Waals surface area contributed by atoms with Crippen LogP contribution < -0.4 is 10.6 Å². The fraction of sp³-hybridized carbons (Fsp3) is 0.0588. The van der Waals surface area contributed by atoms with E-state index in [4.69, 9.17) is 23.8 Å². The number of rotatable bonds is 4. The van der Waals surface area contributed by atoms with Crippen molar-refractivity contribution in [2.24, 2.45) is 0 Å². The zero-order chi connectivity index (χ0) is 15.8. The van der Waals surface area contributed by atoms with Crippen LogP contribution in [0.15, 0.2) is 60.7 Å². The lowest BCUT2D eigenvalue weighted by Gasteiger charge is -2.07. The first-order valence-electron chi connectivity index (χ1n) is 6.70. The van der Waals surface area contributed by atoms with Crippen LogP contribution in [-0.4, -0.2) is 11.0 Å². The van der Waals surface area contributed by atoms with Crippen LogP contribution in [0, 0.1) is 0 Å². The number of carbonyl (C=O) groups is 1. The van der Waals surface area contributed by atoms with Crippen LogP contribution in [0.2, 0.25) is 5.02 Å². The normalized spacial score (nSPS) is 10.4. The lowest BCUT2D eigenvalue weighted by Crippen LogP contribution is -2.37. The molecule has 0 saturated heterocycles. The van der Waals surface area contributed by atoms with Gasteiger partial charge in [0.2, 0.25) is 5.91 Å². The molecule has 2 N–H and O–H groups in total. The molecule has 0 aliphatic carbocycles. The minimum Gasteiger partial charge on any atom is -0.358 e. The van der Waals surface area contributed by atoms with E-state index in [1.54, 1.807) is 18.2 Å². The van der Waals surface area contributed by atoms with E-state index in [1.807, 2.05) is 42.5 Å². The van der Waals surface area contributed by atoms with Gasteiger partial charge < -0.3 is 5.32 Å². The lowest BCUT2D eigenvalue weighted by molar-refractivity contribution is -0.115. The molecule has 0 unspecified atom stereocenters. The molecule has 0 saturated carbocycles. The number of hydrogen-bond acceptors (Lipinski definition) is 2. The summed E-state index contributed by atoms with van der Waals surface area (Å²) in [5.74, 6) is -0.277. The van der Waals surface area contributed by atoms with Crippen molar-refractivity contribution in [3.63, 3.8) is 0 Å². The highest BCUT2D eigenvalue weighted by Gasteiger charge is 2.00. The fourth-order valence-corrected chi connectivity index (χ4v) is 2.02. The summed E-state index contributed by atoms with van der Waals surface area (Å²) < 4.78 is 0. The van der Waals surface area contributed by atoms with Gasteiger partial charge in [0, 0.05) is 17.6 Å². The molecule has 1 amide bonds. The van der Waals surface area contributed by atoms with E-state index in [1.165, 1.54) is 6.08 Å². The topological polar surface area (TPSA) is 41.1 Å². The van der Waals surface area contributed by atoms with Crippen molar-refractivity contribution in [3.05, 3.63) is 76.8 Å². The third kappa shape index (κ3) is 5.68. The summed E-state index contributed by atoms with van der Waals surface area (Å²) in [7, 11) is 0. The number of nitrogens with one attached hydrogen (secondary N) is 2. The van der Waals surface area contributed by atoms with Gasteiger partial charge in [0.05, 0.1) is 0 Å². The van der Waals surface area contributed by atoms with Crippen LogP contribution in [0.5, 0.6) is 0 Å². The Morgan fingerprint density at radius 2 is 1.77 bits per heavy atom. The smallest absolute Gasteiger partial charge is 0.250 e. The Bertz CT molecular complexity index is 669. The second kappa shape index (κ2) is 8.32. The summed E-state index contributed by atoms with van der Waals surface area (Å²) in [5, 5.41) is 6.54. The van der Waals surface area contributed by atoms with Gasteiger partial charge in [-0.25, -0.2) is 0 Å². The van der Waals surface area contributed by atoms with E-state index in [0.717, 1.165) is 11.1 Å². The average Bonchev–Trinajstić information content (AvgIpc) is 2.53. The molecule has 0 fully saturated rings. The highest BCUT2D eigenvalue weighted by molar-refractivity contribution is 7.80. The van der Waals surface area contributed by atoms with Crippen molar-refractivity contribution in [1.82, 2.24) is 10.6 Å². The molecular weight excluding hydrogens is 316 g/mol. The number of amides is 1. The van der Waals surface area contributed by atoms with Gasteiger partial charge in [-0.2, -0.15) is 0 Å². The van der Waals surface area contributed by atoms with E-state index in [9.17, 15) is 4.79 Å². The highest BCUT2D eigenvalue weighted by atomic mass is 35.5. The molecule has 0 aliphatic rings. The first kappa shape index (κ1) is 16.2. The van der Waals surface area contributed by atoms with Crippen LogP contribution in [0.4, 0.5) is 0 Å². The molecule has 0 aliphatic heterocycles. The van der Waals surface area contributed by atoms with Crippen LogP contribution in [-0.2, 0) is 11.3 Å². The summed E-state index contributed by atoms with van der Waals surface area (Å²) >= 11 is 10.9. The molecule has 2 aromatic carbocycles. The summed E-state index contributed by atoms with van der Waals surface area (Å²) in [5.41, 5.74) is 1.98. The van der Waals surface area contributed by atoms with Crippen molar-refractivity contribution >= 4 is 40.9 Å². The molecule has 112 valence electrons. The van der Waals surface area contributed by atoms with E-state index in [2.05, 4.69) is 10.6 Å². The maximum Gasteiger partial charge on any atom is 0.250 e. The van der Waals surface area contributed by atoms with Gasteiger partial charge >= 0.3 is 0 Å². The van der Waals surface area contributed by atoms with Gasteiger partial charge in [-0.1, -0.05) is 54.1 Å². The molecule has 2 rings (SSSR count). The van der Waals surface area contributed by atoms with Gasteiger partial charge in [-0.15, -0.1) is 0 Å². The molecule has 0 atom stereocenters. The predicted octanol–water partition coefficient (Wildman–Crippen LogP) is 3.54. The van der Waals surface area contributed by atoms with E-state index in [0.29, 0.717) is 16.7 Å². The van der Waals surface area contributed by atoms with Crippen molar-refractivity contribution < 1.29 is 4.79 Å². The van der Waals surface area contributed by atoms with Gasteiger partial charge in [-0.3, -0.25) is 10.1 Å². The Hall–Kier alpha value is -2.17. The largest absolute Gasteiger partial charge is 0.358 e. The Morgan fingerprint density at radius 3 is 2.45 bits per heavy atom. The fourth-order valence-electron chi connectivity index (χ4n) is 1.72. The number of benzene rings is 2. The van der Waals surface area contributed by atoms with E-state index >= 15 is 0 Å². The molecule has 0 aromatic heterocycles. The van der Waals surface area contributed by atoms with Gasteiger partial charge in [0.15, 0.2) is 5.11 Å². The van der Waals surface area contributed by atoms with Crippen molar-refractivity contribution in [3.8, 4) is 0 Å². The number of carbonyl (C=O) groups excluding carboxylic acids is 1. The Morgan fingerprint density at radius 1 is 1.09 bits per heavy atom. The van der Waals surface area contributed by atoms with Crippen molar-refractivity contribution in [2.75, 3.05) is 0 Å². The summed E-state index contributed by atoms with van der Waals surface area (Å²) in [6, 6.07) is 17.0. The molecule has 0 heterocycles. The molecule has 0 radical (unpaired) electrons. The van der Waals surface area contributed by atoms with Crippen molar-refractivity contribution in [2.45, 2.75) is 6.54 Å². The third-order valence-electron chi connectivity index (χ3n) is 2.83. The summed E-state index contributed by atoms with van der Waals surface area (Å²) in [6.07, 6.45) is 3.13. The van der Waals surface area contributed by atoms with Gasteiger partial charge in [-0.05, 0) is 41.6 Å². The minimum absolute atomic E-state index is 0.277. The second-order valence-corrected chi connectivity index (χ2v) is 5.39. The molecule has 0 spiro atoms. The molecule has 0 bridgehead atoms. The summed E-state index contributed by atoms with van der Waals surface area (Å²) in [4.78, 5) is 11.8. The number of halogens is 1. The maximum absolute atomic E-state index is 11.8. The average molecular weight is 331 g/mol. The maximum atomic E-state index is 11.8. The molecule has 5 heteroatoms. The minimum atomic E-state index is -0.277. The Kier molecular flexibility index (Phi) is 6.13. The zero-order valence-electron chi connectivity index (χ0n) is 11.8. The lowest BCUT2D eigenvalue weighted by atomic mass is 10.2. The second-order valence-electron chi connectivity index (χ2n) is 4.54. The number of thiocarbonyl (C=S) groups is 1. The Labute approximate surface area is 140 Å². The monoisotopic (exact) mass is 330 g/mol. The first-order chi connectivity index (χ1) is 10.6. The Balaban J connectivity index is 1.78. The zero-order valence-corrected chi connectivity index (χ0v) is 13.3. The molecule has 3 nitrogen and oxygen atoms in total. The SMILES string of the molecule is O=C(/C=C/c1ccc(Cl)cc1)NC(=S)NCc1ccccc1. The standard InChI is InChI=1S/C17H15ClN2OS/c18-15-9-6-13(7-10-15)8-11-16(21)20-17(22)19-12-14-4-2-1-3-5-14/h1-11H,12H2,(H2,19,20,21,22)/b11-8+. The van der Waals surface area contributed by atoms with Gasteiger partial charge in [0.1, 0.15) is 0 Å². The molecule has 22 heavy (non-hydrogen) atoms. The van der Waals surface area contributed by atoms with Crippen LogP contribution >= 0.6 is 23.8 Å². The molecule has 2 aromatic rings. The quantitative estimate of drug-likeness (QED) is 0.665. The van der Waals surface area contributed by atoms with E-state index < -0.39 is 0 Å². The van der Waals surface area contributed by atoms with Crippen LogP contribution in [0.1, 0.15) is 11.1 Å². The van der Waals surface area contributed by atoms with Crippen molar-refractivity contribution in [1.29, 1.82) is 0 Å². The summed E-state index contributed by atoms with van der Waals surface area (Å²) in [6.45, 7) is 0.570.